The number of nitrogens with zero attached hydrogens (tertiary/aromatic N) is 1. The van der Waals surface area contributed by atoms with Crippen molar-refractivity contribution in [3.05, 3.63) is 58.4 Å². The highest BCUT2D eigenvalue weighted by atomic mass is 35.5. The fraction of sp³-hybridized carbons (Fsp3) is 0.267. The number of rotatable bonds is 2. The summed E-state index contributed by atoms with van der Waals surface area (Å²) < 4.78 is 0. The van der Waals surface area contributed by atoms with Crippen molar-refractivity contribution >= 4 is 17.3 Å². The molecule has 0 saturated carbocycles. The zero-order chi connectivity index (χ0) is 12.5. The average molecular weight is 259 g/mol. The number of fused-ring (bicyclic) bond motifs is 1. The van der Waals surface area contributed by atoms with E-state index in [4.69, 9.17) is 11.6 Å². The molecule has 0 aliphatic heterocycles. The first-order valence-electron chi connectivity index (χ1n) is 6.17. The first-order chi connectivity index (χ1) is 8.70. The SMILES string of the molecule is Cc1ccc(NC2Cc3ccc(Cl)cc3C2)cn1. The summed E-state index contributed by atoms with van der Waals surface area (Å²) in [6.07, 6.45) is 3.98. The maximum Gasteiger partial charge on any atom is 0.0529 e. The Morgan fingerprint density at radius 2 is 2.00 bits per heavy atom. The van der Waals surface area contributed by atoms with Gasteiger partial charge in [0, 0.05) is 16.8 Å². The third kappa shape index (κ3) is 2.34. The highest BCUT2D eigenvalue weighted by molar-refractivity contribution is 6.30. The van der Waals surface area contributed by atoms with Gasteiger partial charge in [-0.1, -0.05) is 17.7 Å². The summed E-state index contributed by atoms with van der Waals surface area (Å²) in [5, 5.41) is 4.35. The summed E-state index contributed by atoms with van der Waals surface area (Å²) >= 11 is 6.02. The molecular weight excluding hydrogens is 244 g/mol. The number of anilines is 1. The van der Waals surface area contributed by atoms with Crippen LogP contribution in [0, 0.1) is 6.92 Å². The van der Waals surface area contributed by atoms with Crippen LogP contribution in [-0.2, 0) is 12.8 Å². The predicted molar refractivity (Wildman–Crippen MR) is 75.2 cm³/mol. The van der Waals surface area contributed by atoms with Crippen LogP contribution in [0.1, 0.15) is 16.8 Å². The second-order valence-electron chi connectivity index (χ2n) is 4.85. The Bertz CT molecular complexity index is 563. The molecule has 3 rings (SSSR count). The van der Waals surface area contributed by atoms with E-state index in [1.54, 1.807) is 0 Å². The van der Waals surface area contributed by atoms with Crippen molar-refractivity contribution in [2.45, 2.75) is 25.8 Å². The third-order valence-corrected chi connectivity index (χ3v) is 3.62. The van der Waals surface area contributed by atoms with Gasteiger partial charge in [-0.25, -0.2) is 0 Å². The maximum atomic E-state index is 6.02. The lowest BCUT2D eigenvalue weighted by molar-refractivity contribution is 0.773. The number of nitrogens with one attached hydrogen (secondary N) is 1. The molecule has 0 radical (unpaired) electrons. The summed E-state index contributed by atoms with van der Waals surface area (Å²) in [5.74, 6) is 0. The number of benzene rings is 1. The van der Waals surface area contributed by atoms with Crippen LogP contribution in [-0.4, -0.2) is 11.0 Å². The van der Waals surface area contributed by atoms with Crippen molar-refractivity contribution in [1.29, 1.82) is 0 Å². The first kappa shape index (κ1) is 11.5. The number of halogens is 1. The lowest BCUT2D eigenvalue weighted by atomic mass is 10.1. The van der Waals surface area contributed by atoms with Gasteiger partial charge in [-0.15, -0.1) is 0 Å². The minimum Gasteiger partial charge on any atom is -0.380 e. The Morgan fingerprint density at radius 3 is 2.78 bits per heavy atom. The predicted octanol–water partition coefficient (Wildman–Crippen LogP) is 3.62. The summed E-state index contributed by atoms with van der Waals surface area (Å²) in [6.45, 7) is 2.00. The highest BCUT2D eigenvalue weighted by Gasteiger charge is 2.21. The van der Waals surface area contributed by atoms with Gasteiger partial charge in [0.1, 0.15) is 0 Å². The fourth-order valence-electron chi connectivity index (χ4n) is 2.48. The van der Waals surface area contributed by atoms with Crippen LogP contribution in [0.4, 0.5) is 5.69 Å². The van der Waals surface area contributed by atoms with Gasteiger partial charge in [-0.2, -0.15) is 0 Å². The van der Waals surface area contributed by atoms with Crippen LogP contribution in [0.15, 0.2) is 36.5 Å². The Balaban J connectivity index is 1.72. The molecule has 1 N–H and O–H groups in total. The largest absolute Gasteiger partial charge is 0.380 e. The standard InChI is InChI=1S/C15H15ClN2/c1-10-2-5-14(9-17-10)18-15-7-11-3-4-13(16)6-12(11)8-15/h2-6,9,15,18H,7-8H2,1H3. The summed E-state index contributed by atoms with van der Waals surface area (Å²) in [5.41, 5.74) is 4.89. The van der Waals surface area contributed by atoms with Crippen molar-refractivity contribution in [1.82, 2.24) is 4.98 Å². The lowest BCUT2D eigenvalue weighted by Crippen LogP contribution is -2.19. The van der Waals surface area contributed by atoms with E-state index >= 15 is 0 Å². The molecule has 0 amide bonds. The van der Waals surface area contributed by atoms with Crippen LogP contribution in [0.25, 0.3) is 0 Å². The van der Waals surface area contributed by atoms with Gasteiger partial charge in [-0.3, -0.25) is 4.98 Å². The van der Waals surface area contributed by atoms with E-state index in [-0.39, 0.29) is 0 Å². The molecule has 2 nitrogen and oxygen atoms in total. The molecule has 1 heterocycles. The van der Waals surface area contributed by atoms with E-state index in [9.17, 15) is 0 Å². The molecular formula is C15H15ClN2. The molecule has 1 aromatic heterocycles. The minimum atomic E-state index is 0.447. The topological polar surface area (TPSA) is 24.9 Å². The summed E-state index contributed by atoms with van der Waals surface area (Å²) in [7, 11) is 0. The zero-order valence-electron chi connectivity index (χ0n) is 10.3. The van der Waals surface area contributed by atoms with Gasteiger partial charge >= 0.3 is 0 Å². The second kappa shape index (κ2) is 4.62. The first-order valence-corrected chi connectivity index (χ1v) is 6.55. The monoisotopic (exact) mass is 258 g/mol. The lowest BCUT2D eigenvalue weighted by Gasteiger charge is -2.13. The summed E-state index contributed by atoms with van der Waals surface area (Å²) in [4.78, 5) is 4.30. The molecule has 1 aromatic carbocycles. The minimum absolute atomic E-state index is 0.447. The molecule has 0 fully saturated rings. The fourth-order valence-corrected chi connectivity index (χ4v) is 2.67. The molecule has 1 aliphatic carbocycles. The molecule has 0 saturated heterocycles. The number of aryl methyl sites for hydroxylation is 1. The van der Waals surface area contributed by atoms with Gasteiger partial charge in [0.15, 0.2) is 0 Å². The van der Waals surface area contributed by atoms with Crippen LogP contribution >= 0.6 is 11.6 Å². The maximum absolute atomic E-state index is 6.02. The van der Waals surface area contributed by atoms with Gasteiger partial charge in [0.25, 0.3) is 0 Å². The van der Waals surface area contributed by atoms with Gasteiger partial charge in [-0.05, 0) is 55.2 Å². The van der Waals surface area contributed by atoms with Crippen LogP contribution in [0.2, 0.25) is 5.02 Å². The molecule has 1 unspecified atom stereocenters. The van der Waals surface area contributed by atoms with Crippen molar-refractivity contribution in [3.8, 4) is 0 Å². The number of pyridine rings is 1. The van der Waals surface area contributed by atoms with Crippen molar-refractivity contribution in [2.75, 3.05) is 5.32 Å². The summed E-state index contributed by atoms with van der Waals surface area (Å²) in [6, 6.07) is 10.7. The van der Waals surface area contributed by atoms with Crippen LogP contribution in [0.3, 0.4) is 0 Å². The zero-order valence-corrected chi connectivity index (χ0v) is 11.0. The molecule has 92 valence electrons. The Labute approximate surface area is 112 Å². The van der Waals surface area contributed by atoms with Crippen molar-refractivity contribution in [3.63, 3.8) is 0 Å². The molecule has 1 atom stereocenters. The molecule has 2 aromatic rings. The Hall–Kier alpha value is -1.54. The van der Waals surface area contributed by atoms with Gasteiger partial charge < -0.3 is 5.32 Å². The smallest absolute Gasteiger partial charge is 0.0529 e. The van der Waals surface area contributed by atoms with Crippen LogP contribution in [0.5, 0.6) is 0 Å². The van der Waals surface area contributed by atoms with Crippen molar-refractivity contribution < 1.29 is 0 Å². The van der Waals surface area contributed by atoms with Crippen molar-refractivity contribution in [2.24, 2.45) is 0 Å². The van der Waals surface area contributed by atoms with E-state index in [0.717, 1.165) is 29.2 Å². The van der Waals surface area contributed by atoms with Gasteiger partial charge in [0.05, 0.1) is 11.9 Å². The number of hydrogen-bond acceptors (Lipinski definition) is 2. The number of aromatic nitrogens is 1. The Kier molecular flexibility index (Phi) is 2.96. The highest BCUT2D eigenvalue weighted by Crippen LogP contribution is 2.27. The second-order valence-corrected chi connectivity index (χ2v) is 5.29. The quantitative estimate of drug-likeness (QED) is 0.890. The molecule has 18 heavy (non-hydrogen) atoms. The van der Waals surface area contributed by atoms with E-state index in [1.807, 2.05) is 25.3 Å². The molecule has 0 spiro atoms. The van der Waals surface area contributed by atoms with E-state index in [0.29, 0.717) is 6.04 Å². The Morgan fingerprint density at radius 1 is 1.17 bits per heavy atom. The molecule has 0 bridgehead atoms. The normalized spacial score (nSPS) is 17.6. The van der Waals surface area contributed by atoms with E-state index in [1.165, 1.54) is 11.1 Å². The van der Waals surface area contributed by atoms with Gasteiger partial charge in [0.2, 0.25) is 0 Å². The van der Waals surface area contributed by atoms with E-state index < -0.39 is 0 Å². The third-order valence-electron chi connectivity index (χ3n) is 3.38. The van der Waals surface area contributed by atoms with Crippen LogP contribution < -0.4 is 5.32 Å². The molecule has 1 aliphatic rings. The number of hydrogen-bond donors (Lipinski definition) is 1. The average Bonchev–Trinajstić information content (AvgIpc) is 2.73. The molecule has 3 heteroatoms. The van der Waals surface area contributed by atoms with E-state index in [2.05, 4.69) is 28.5 Å².